The Kier molecular flexibility index (Phi) is 11.3. The normalized spacial score (nSPS) is 13.0. The molecule has 2 heteroatoms. The highest BCUT2D eigenvalue weighted by Gasteiger charge is 2.14. The van der Waals surface area contributed by atoms with Crippen LogP contribution in [0.3, 0.4) is 0 Å². The van der Waals surface area contributed by atoms with Crippen molar-refractivity contribution in [2.75, 3.05) is 0 Å². The van der Waals surface area contributed by atoms with E-state index in [-0.39, 0.29) is 11.5 Å². The highest BCUT2D eigenvalue weighted by atomic mass is 16.3. The van der Waals surface area contributed by atoms with E-state index in [0.717, 1.165) is 59.6 Å². The maximum atomic E-state index is 11.1. The van der Waals surface area contributed by atoms with Crippen molar-refractivity contribution >= 4 is 21.5 Å². The van der Waals surface area contributed by atoms with Crippen LogP contribution in [0.1, 0.15) is 104 Å². The summed E-state index contributed by atoms with van der Waals surface area (Å²) in [6.07, 6.45) is 16.1. The molecule has 206 valence electrons. The molecule has 0 heterocycles. The zero-order valence-corrected chi connectivity index (χ0v) is 24.7. The predicted molar refractivity (Wildman–Crippen MR) is 166 cm³/mol. The molecule has 0 saturated heterocycles. The third-order valence-electron chi connectivity index (χ3n) is 7.84. The van der Waals surface area contributed by atoms with E-state index >= 15 is 0 Å². The van der Waals surface area contributed by atoms with Crippen LogP contribution in [0.25, 0.3) is 21.5 Å². The molecule has 0 saturated carbocycles. The molecule has 0 fully saturated rings. The van der Waals surface area contributed by atoms with E-state index < -0.39 is 0 Å². The summed E-state index contributed by atoms with van der Waals surface area (Å²) in [5.41, 5.74) is 5.27. The molecule has 0 amide bonds. The highest BCUT2D eigenvalue weighted by molar-refractivity contribution is 6.10. The molecule has 2 nitrogen and oxygen atoms in total. The van der Waals surface area contributed by atoms with Gasteiger partial charge in [-0.3, -0.25) is 0 Å². The third-order valence-corrected chi connectivity index (χ3v) is 7.84. The van der Waals surface area contributed by atoms with Gasteiger partial charge in [-0.25, -0.2) is 0 Å². The van der Waals surface area contributed by atoms with Crippen LogP contribution in [-0.2, 0) is 12.8 Å². The van der Waals surface area contributed by atoms with Gasteiger partial charge in [0.05, 0.1) is 0 Å². The number of phenolic OH excluding ortho intramolecular Hbond substituents is 2. The fraction of sp³-hybridized carbons (Fsp3) is 0.500. The lowest BCUT2D eigenvalue weighted by Crippen LogP contribution is -1.96. The van der Waals surface area contributed by atoms with Crippen molar-refractivity contribution in [3.8, 4) is 11.5 Å². The van der Waals surface area contributed by atoms with Gasteiger partial charge in [0, 0.05) is 21.5 Å². The average molecular weight is 515 g/mol. The molecule has 0 aromatic heterocycles. The topological polar surface area (TPSA) is 40.5 Å². The molecule has 0 aliphatic heterocycles. The monoisotopic (exact) mass is 514 g/mol. The Morgan fingerprint density at radius 1 is 0.684 bits per heavy atom. The van der Waals surface area contributed by atoms with Crippen molar-refractivity contribution in [3.05, 3.63) is 70.8 Å². The van der Waals surface area contributed by atoms with Gasteiger partial charge in [0.15, 0.2) is 0 Å². The number of phenols is 2. The van der Waals surface area contributed by atoms with Gasteiger partial charge in [0.1, 0.15) is 11.5 Å². The van der Waals surface area contributed by atoms with E-state index in [1.165, 1.54) is 54.4 Å². The first kappa shape index (κ1) is 29.8. The van der Waals surface area contributed by atoms with E-state index in [1.807, 2.05) is 12.1 Å². The first-order valence-corrected chi connectivity index (χ1v) is 14.8. The summed E-state index contributed by atoms with van der Waals surface area (Å²) in [4.78, 5) is 0. The first-order valence-electron chi connectivity index (χ1n) is 14.8. The molecular formula is C36H50O2. The Morgan fingerprint density at radius 3 is 1.87 bits per heavy atom. The van der Waals surface area contributed by atoms with Gasteiger partial charge >= 0.3 is 0 Å². The van der Waals surface area contributed by atoms with E-state index in [4.69, 9.17) is 0 Å². The summed E-state index contributed by atoms with van der Waals surface area (Å²) in [6, 6.07) is 12.3. The van der Waals surface area contributed by atoms with Crippen LogP contribution in [0.4, 0.5) is 0 Å². The average Bonchev–Trinajstić information content (AvgIpc) is 2.86. The number of fused-ring (bicyclic) bond motifs is 2. The van der Waals surface area contributed by atoms with E-state index in [0.29, 0.717) is 5.92 Å². The number of aryl methyl sites for hydroxylation is 2. The van der Waals surface area contributed by atoms with Gasteiger partial charge in [-0.05, 0) is 107 Å². The van der Waals surface area contributed by atoms with Crippen molar-refractivity contribution in [1.29, 1.82) is 0 Å². The molecular weight excluding hydrogens is 464 g/mol. The quantitative estimate of drug-likeness (QED) is 0.128. The molecule has 2 N–H and O–H groups in total. The second-order valence-electron chi connectivity index (χ2n) is 12.2. The second kappa shape index (κ2) is 14.4. The molecule has 0 aliphatic rings. The minimum atomic E-state index is 0.273. The van der Waals surface area contributed by atoms with E-state index in [9.17, 15) is 10.2 Å². The van der Waals surface area contributed by atoms with Crippen LogP contribution in [0.2, 0.25) is 0 Å². The van der Waals surface area contributed by atoms with Gasteiger partial charge in [-0.1, -0.05) is 81.2 Å². The Morgan fingerprint density at radius 2 is 1.29 bits per heavy atom. The summed E-state index contributed by atoms with van der Waals surface area (Å²) in [6.45, 7) is 13.5. The lowest BCUT2D eigenvalue weighted by atomic mass is 9.94. The van der Waals surface area contributed by atoms with Crippen LogP contribution in [-0.4, -0.2) is 10.2 Å². The van der Waals surface area contributed by atoms with Gasteiger partial charge in [-0.2, -0.15) is 0 Å². The molecule has 3 rings (SSSR count). The number of hydrogen-bond donors (Lipinski definition) is 2. The second-order valence-corrected chi connectivity index (χ2v) is 12.2. The lowest BCUT2D eigenvalue weighted by Gasteiger charge is -2.13. The van der Waals surface area contributed by atoms with Crippen LogP contribution < -0.4 is 0 Å². The van der Waals surface area contributed by atoms with Crippen molar-refractivity contribution in [2.45, 2.75) is 106 Å². The summed E-state index contributed by atoms with van der Waals surface area (Å²) < 4.78 is 0. The molecule has 1 atom stereocenters. The molecule has 3 aromatic rings. The maximum Gasteiger partial charge on any atom is 0.131 e. The highest BCUT2D eigenvalue weighted by Crippen LogP contribution is 2.42. The summed E-state index contributed by atoms with van der Waals surface area (Å²) in [5, 5.41) is 25.2. The van der Waals surface area contributed by atoms with Crippen molar-refractivity contribution in [3.63, 3.8) is 0 Å². The molecule has 0 bridgehead atoms. The Balaban J connectivity index is 1.67. The van der Waals surface area contributed by atoms with Crippen LogP contribution in [0, 0.1) is 11.8 Å². The fourth-order valence-corrected chi connectivity index (χ4v) is 5.42. The third kappa shape index (κ3) is 8.65. The van der Waals surface area contributed by atoms with E-state index in [2.05, 4.69) is 78.0 Å². The Labute approximate surface area is 231 Å². The molecule has 0 aliphatic carbocycles. The minimum Gasteiger partial charge on any atom is -0.507 e. The molecule has 3 aromatic carbocycles. The zero-order valence-electron chi connectivity index (χ0n) is 24.7. The van der Waals surface area contributed by atoms with Gasteiger partial charge in [0.2, 0.25) is 0 Å². The van der Waals surface area contributed by atoms with Crippen LogP contribution in [0.5, 0.6) is 11.5 Å². The van der Waals surface area contributed by atoms with Gasteiger partial charge in [-0.15, -0.1) is 0 Å². The fourth-order valence-electron chi connectivity index (χ4n) is 5.42. The lowest BCUT2D eigenvalue weighted by molar-refractivity contribution is 0.477. The molecule has 38 heavy (non-hydrogen) atoms. The minimum absolute atomic E-state index is 0.273. The van der Waals surface area contributed by atoms with Crippen molar-refractivity contribution < 1.29 is 10.2 Å². The van der Waals surface area contributed by atoms with Gasteiger partial charge in [0.25, 0.3) is 0 Å². The van der Waals surface area contributed by atoms with Crippen LogP contribution >= 0.6 is 0 Å². The number of allylic oxidation sites excluding steroid dienone is 4. The zero-order chi connectivity index (χ0) is 27.7. The molecule has 0 radical (unpaired) electrons. The van der Waals surface area contributed by atoms with Gasteiger partial charge < -0.3 is 10.2 Å². The maximum absolute atomic E-state index is 11.1. The summed E-state index contributed by atoms with van der Waals surface area (Å²) in [5.74, 6) is 2.03. The van der Waals surface area contributed by atoms with Crippen molar-refractivity contribution in [1.82, 2.24) is 0 Å². The number of hydrogen-bond acceptors (Lipinski definition) is 2. The van der Waals surface area contributed by atoms with Crippen LogP contribution in [0.15, 0.2) is 59.7 Å². The number of benzene rings is 3. The smallest absolute Gasteiger partial charge is 0.131 e. The Hall–Kier alpha value is -2.74. The molecule has 0 spiro atoms. The standard InChI is InChI=1S/C36H50O2/c1-25(2)11-7-13-27(5)15-9-17-29-19-21-31-33(23-29)35(37)32-22-20-30(24-34(32)36(31)38)18-10-16-28(6)14-8-12-26(3)4/h11,16,19-24,26-27,37-38H,7-10,12-15,17-18H2,1-6H3/b28-16+. The molecule has 1 unspecified atom stereocenters. The SMILES string of the molecule is CC(C)=CCCC(C)CCCc1ccc2c(O)c3cc(CC/C=C(\C)CCCC(C)C)ccc3c(O)c2c1. The summed E-state index contributed by atoms with van der Waals surface area (Å²) >= 11 is 0. The Bertz CT molecular complexity index is 1260. The number of rotatable bonds is 14. The largest absolute Gasteiger partial charge is 0.507 e. The summed E-state index contributed by atoms with van der Waals surface area (Å²) in [7, 11) is 0. The number of aromatic hydroxyl groups is 2. The first-order chi connectivity index (χ1) is 18.2. The predicted octanol–water partition coefficient (Wildman–Crippen LogP) is 10.8. The van der Waals surface area contributed by atoms with E-state index in [1.54, 1.807) is 0 Å². The van der Waals surface area contributed by atoms with Crippen molar-refractivity contribution in [2.24, 2.45) is 11.8 Å².